The van der Waals surface area contributed by atoms with Crippen molar-refractivity contribution in [1.82, 2.24) is 9.88 Å². The van der Waals surface area contributed by atoms with E-state index in [-0.39, 0.29) is 12.5 Å². The number of esters is 1. The molecular weight excluding hydrogens is 228 g/mol. The Kier molecular flexibility index (Phi) is 3.99. The van der Waals surface area contributed by atoms with Gasteiger partial charge in [0.05, 0.1) is 7.11 Å². The maximum absolute atomic E-state index is 11.3. The molecule has 0 amide bonds. The molecule has 0 atom stereocenters. The van der Waals surface area contributed by atoms with E-state index in [1.165, 1.54) is 18.1 Å². The van der Waals surface area contributed by atoms with Crippen molar-refractivity contribution in [3.8, 4) is 0 Å². The number of nitrogens with zero attached hydrogens (tertiary/aromatic N) is 1. The molecule has 0 saturated heterocycles. The number of nitrogens with one attached hydrogen (secondary N) is 1. The van der Waals surface area contributed by atoms with Gasteiger partial charge in [0.1, 0.15) is 6.54 Å². The molecule has 2 aromatic rings. The highest BCUT2D eigenvalue weighted by Crippen LogP contribution is 2.20. The highest BCUT2D eigenvalue weighted by molar-refractivity contribution is 5.85. The quantitative estimate of drug-likeness (QED) is 0.820. The molecule has 4 heteroatoms. The molecule has 0 spiro atoms. The first-order valence-electron chi connectivity index (χ1n) is 6.10. The topological polar surface area (TPSA) is 43.3 Å². The zero-order valence-corrected chi connectivity index (χ0v) is 10.8. The molecule has 1 heterocycles. The minimum absolute atomic E-state index is 0.232. The molecular formula is C14H18N2O2. The van der Waals surface area contributed by atoms with Crippen LogP contribution in [0.25, 0.3) is 10.9 Å². The zero-order chi connectivity index (χ0) is 13.0. The third-order valence-electron chi connectivity index (χ3n) is 3.00. The lowest BCUT2D eigenvalue weighted by Gasteiger charge is -2.06. The van der Waals surface area contributed by atoms with Crippen LogP contribution in [-0.2, 0) is 22.6 Å². The summed E-state index contributed by atoms with van der Waals surface area (Å²) in [6.45, 7) is 4.13. The fraction of sp³-hybridized carbons (Fsp3) is 0.357. The van der Waals surface area contributed by atoms with Gasteiger partial charge in [0.15, 0.2) is 0 Å². The Morgan fingerprint density at radius 3 is 2.94 bits per heavy atom. The molecule has 0 fully saturated rings. The summed E-state index contributed by atoms with van der Waals surface area (Å²) in [5.74, 6) is -0.232. The number of hydrogen-bond donors (Lipinski definition) is 1. The van der Waals surface area contributed by atoms with Crippen LogP contribution >= 0.6 is 0 Å². The summed E-state index contributed by atoms with van der Waals surface area (Å²) in [7, 11) is 1.41. The van der Waals surface area contributed by atoms with Gasteiger partial charge in [-0.1, -0.05) is 19.1 Å². The van der Waals surface area contributed by atoms with Crippen LogP contribution in [0.1, 0.15) is 12.5 Å². The lowest BCUT2D eigenvalue weighted by atomic mass is 10.1. The van der Waals surface area contributed by atoms with Gasteiger partial charge in [-0.2, -0.15) is 0 Å². The van der Waals surface area contributed by atoms with Gasteiger partial charge in [-0.15, -0.1) is 0 Å². The Morgan fingerprint density at radius 1 is 1.39 bits per heavy atom. The molecule has 0 aliphatic rings. The van der Waals surface area contributed by atoms with Crippen molar-refractivity contribution in [2.24, 2.45) is 0 Å². The van der Waals surface area contributed by atoms with E-state index in [1.54, 1.807) is 0 Å². The summed E-state index contributed by atoms with van der Waals surface area (Å²) in [6, 6.07) is 8.19. The van der Waals surface area contributed by atoms with Crippen LogP contribution in [0.3, 0.4) is 0 Å². The fourth-order valence-electron chi connectivity index (χ4n) is 2.04. The Hall–Kier alpha value is -1.81. The predicted octanol–water partition coefficient (Wildman–Crippen LogP) is 1.92. The van der Waals surface area contributed by atoms with E-state index in [1.807, 2.05) is 29.0 Å². The lowest BCUT2D eigenvalue weighted by molar-refractivity contribution is -0.141. The average molecular weight is 246 g/mol. The van der Waals surface area contributed by atoms with Gasteiger partial charge < -0.3 is 14.6 Å². The molecule has 0 unspecified atom stereocenters. The van der Waals surface area contributed by atoms with E-state index in [4.69, 9.17) is 4.74 Å². The summed E-state index contributed by atoms with van der Waals surface area (Å²) in [5, 5.41) is 4.50. The fourth-order valence-corrected chi connectivity index (χ4v) is 2.04. The first kappa shape index (κ1) is 12.6. The summed E-state index contributed by atoms with van der Waals surface area (Å²) < 4.78 is 6.61. The minimum atomic E-state index is -0.232. The number of benzene rings is 1. The molecule has 18 heavy (non-hydrogen) atoms. The SMILES string of the molecule is CCNCc1cccc2c1ccn2CC(=O)OC. The molecule has 2 rings (SSSR count). The Labute approximate surface area is 107 Å². The highest BCUT2D eigenvalue weighted by Gasteiger charge is 2.08. The Balaban J connectivity index is 2.32. The largest absolute Gasteiger partial charge is 0.468 e. The second-order valence-electron chi connectivity index (χ2n) is 4.15. The summed E-state index contributed by atoms with van der Waals surface area (Å²) in [4.78, 5) is 11.3. The van der Waals surface area contributed by atoms with E-state index in [2.05, 4.69) is 18.3 Å². The smallest absolute Gasteiger partial charge is 0.325 e. The summed E-state index contributed by atoms with van der Waals surface area (Å²) in [6.07, 6.45) is 1.93. The molecule has 1 aromatic heterocycles. The lowest BCUT2D eigenvalue weighted by Crippen LogP contribution is -2.12. The monoisotopic (exact) mass is 246 g/mol. The van der Waals surface area contributed by atoms with Gasteiger partial charge in [0.25, 0.3) is 0 Å². The van der Waals surface area contributed by atoms with Crippen LogP contribution in [0.4, 0.5) is 0 Å². The van der Waals surface area contributed by atoms with Crippen LogP contribution in [0.15, 0.2) is 30.5 Å². The number of hydrogen-bond acceptors (Lipinski definition) is 3. The van der Waals surface area contributed by atoms with Crippen LogP contribution in [0.2, 0.25) is 0 Å². The van der Waals surface area contributed by atoms with Crippen molar-refractivity contribution in [3.05, 3.63) is 36.0 Å². The molecule has 0 bridgehead atoms. The molecule has 0 aliphatic heterocycles. The number of ether oxygens (including phenoxy) is 1. The molecule has 0 radical (unpaired) electrons. The first-order valence-corrected chi connectivity index (χ1v) is 6.10. The molecule has 0 aliphatic carbocycles. The number of aromatic nitrogens is 1. The van der Waals surface area contributed by atoms with Crippen molar-refractivity contribution in [3.63, 3.8) is 0 Å². The highest BCUT2D eigenvalue weighted by atomic mass is 16.5. The maximum atomic E-state index is 11.3. The van der Waals surface area contributed by atoms with Crippen molar-refractivity contribution in [2.75, 3.05) is 13.7 Å². The van der Waals surface area contributed by atoms with E-state index >= 15 is 0 Å². The number of methoxy groups -OCH3 is 1. The van der Waals surface area contributed by atoms with E-state index in [0.717, 1.165) is 18.6 Å². The van der Waals surface area contributed by atoms with Crippen LogP contribution in [0, 0.1) is 0 Å². The average Bonchev–Trinajstić information content (AvgIpc) is 2.80. The first-order chi connectivity index (χ1) is 8.76. The Morgan fingerprint density at radius 2 is 2.22 bits per heavy atom. The maximum Gasteiger partial charge on any atom is 0.325 e. The van der Waals surface area contributed by atoms with Gasteiger partial charge in [0, 0.05) is 23.6 Å². The van der Waals surface area contributed by atoms with Crippen molar-refractivity contribution < 1.29 is 9.53 Å². The second-order valence-corrected chi connectivity index (χ2v) is 4.15. The van der Waals surface area contributed by atoms with Gasteiger partial charge in [0.2, 0.25) is 0 Å². The van der Waals surface area contributed by atoms with Crippen molar-refractivity contribution in [1.29, 1.82) is 0 Å². The van der Waals surface area contributed by atoms with E-state index in [9.17, 15) is 4.79 Å². The third-order valence-corrected chi connectivity index (χ3v) is 3.00. The van der Waals surface area contributed by atoms with Gasteiger partial charge in [-0.25, -0.2) is 0 Å². The number of rotatable bonds is 5. The van der Waals surface area contributed by atoms with Crippen LogP contribution in [-0.4, -0.2) is 24.2 Å². The van der Waals surface area contributed by atoms with Crippen molar-refractivity contribution >= 4 is 16.9 Å². The normalized spacial score (nSPS) is 10.8. The number of carbonyl (C=O) groups is 1. The van der Waals surface area contributed by atoms with Gasteiger partial charge >= 0.3 is 5.97 Å². The second kappa shape index (κ2) is 5.69. The molecule has 96 valence electrons. The summed E-state index contributed by atoms with van der Waals surface area (Å²) in [5.41, 5.74) is 2.31. The number of carbonyl (C=O) groups excluding carboxylic acids is 1. The molecule has 1 N–H and O–H groups in total. The molecule has 4 nitrogen and oxygen atoms in total. The third kappa shape index (κ3) is 2.54. The zero-order valence-electron chi connectivity index (χ0n) is 10.8. The van der Waals surface area contributed by atoms with E-state index in [0.29, 0.717) is 0 Å². The van der Waals surface area contributed by atoms with Crippen LogP contribution in [0.5, 0.6) is 0 Å². The summed E-state index contributed by atoms with van der Waals surface area (Å²) >= 11 is 0. The Bertz CT molecular complexity index is 546. The number of fused-ring (bicyclic) bond motifs is 1. The molecule has 0 saturated carbocycles. The van der Waals surface area contributed by atoms with E-state index < -0.39 is 0 Å². The van der Waals surface area contributed by atoms with Gasteiger partial charge in [-0.3, -0.25) is 4.79 Å². The molecule has 1 aromatic carbocycles. The standard InChI is InChI=1S/C14H18N2O2/c1-3-15-9-11-5-4-6-13-12(11)7-8-16(13)10-14(17)18-2/h4-8,15H,3,9-10H2,1-2H3. The van der Waals surface area contributed by atoms with Crippen LogP contribution < -0.4 is 5.32 Å². The van der Waals surface area contributed by atoms with Crippen molar-refractivity contribution in [2.45, 2.75) is 20.0 Å². The predicted molar refractivity (Wildman–Crippen MR) is 71.3 cm³/mol. The van der Waals surface area contributed by atoms with Gasteiger partial charge in [-0.05, 0) is 24.2 Å². The minimum Gasteiger partial charge on any atom is -0.468 e.